The van der Waals surface area contributed by atoms with Gasteiger partial charge in [0.25, 0.3) is 0 Å². The molecule has 1 saturated carbocycles. The minimum atomic E-state index is -0.470. The monoisotopic (exact) mass is 284 g/mol. The van der Waals surface area contributed by atoms with E-state index in [0.29, 0.717) is 18.9 Å². The molecule has 0 aromatic heterocycles. The molecule has 2 unspecified atom stereocenters. The van der Waals surface area contributed by atoms with Crippen molar-refractivity contribution in [3.63, 3.8) is 0 Å². The highest BCUT2D eigenvalue weighted by molar-refractivity contribution is 5.76. The van der Waals surface area contributed by atoms with Crippen molar-refractivity contribution in [1.29, 1.82) is 0 Å². The fraction of sp³-hybridized carbons (Fsp3) is 0.875. The number of ether oxygens (including phenoxy) is 2. The zero-order chi connectivity index (χ0) is 15.3. The van der Waals surface area contributed by atoms with E-state index < -0.39 is 5.60 Å². The Morgan fingerprint density at radius 1 is 1.10 bits per heavy atom. The summed E-state index contributed by atoms with van der Waals surface area (Å²) in [7, 11) is 0. The van der Waals surface area contributed by atoms with Gasteiger partial charge < -0.3 is 9.47 Å². The molecule has 0 N–H and O–H groups in total. The van der Waals surface area contributed by atoms with Gasteiger partial charge in [-0.05, 0) is 46.0 Å². The Bertz CT molecular complexity index is 341. The Morgan fingerprint density at radius 3 is 2.15 bits per heavy atom. The fourth-order valence-electron chi connectivity index (χ4n) is 2.37. The summed E-state index contributed by atoms with van der Waals surface area (Å²) in [5.74, 6) is -0.324. The Morgan fingerprint density at radius 2 is 1.65 bits per heavy atom. The maximum absolute atomic E-state index is 12.1. The lowest BCUT2D eigenvalue weighted by Gasteiger charge is -2.29. The molecule has 1 fully saturated rings. The first kappa shape index (κ1) is 17.0. The van der Waals surface area contributed by atoms with Crippen LogP contribution in [-0.2, 0) is 19.1 Å². The summed E-state index contributed by atoms with van der Waals surface area (Å²) in [4.78, 5) is 24.1. The first-order chi connectivity index (χ1) is 9.19. The van der Waals surface area contributed by atoms with Crippen LogP contribution in [0.3, 0.4) is 0 Å². The zero-order valence-corrected chi connectivity index (χ0v) is 13.4. The lowest BCUT2D eigenvalue weighted by molar-refractivity contribution is -0.163. The molecular weight excluding hydrogens is 256 g/mol. The van der Waals surface area contributed by atoms with Gasteiger partial charge >= 0.3 is 11.9 Å². The first-order valence-electron chi connectivity index (χ1n) is 7.58. The van der Waals surface area contributed by atoms with Crippen LogP contribution in [0.4, 0.5) is 0 Å². The lowest BCUT2D eigenvalue weighted by atomic mass is 9.81. The van der Waals surface area contributed by atoms with E-state index in [-0.39, 0.29) is 23.8 Å². The molecule has 2 atom stereocenters. The Hall–Kier alpha value is -1.06. The van der Waals surface area contributed by atoms with E-state index in [2.05, 4.69) is 0 Å². The van der Waals surface area contributed by atoms with Gasteiger partial charge in [-0.2, -0.15) is 0 Å². The second kappa shape index (κ2) is 7.09. The molecule has 0 radical (unpaired) electrons. The number of carbonyl (C=O) groups is 2. The van der Waals surface area contributed by atoms with E-state index in [9.17, 15) is 9.59 Å². The van der Waals surface area contributed by atoms with E-state index >= 15 is 0 Å². The molecule has 116 valence electrons. The maximum atomic E-state index is 12.1. The highest BCUT2D eigenvalue weighted by Crippen LogP contribution is 2.31. The van der Waals surface area contributed by atoms with Crippen molar-refractivity contribution in [3.8, 4) is 0 Å². The number of esters is 2. The molecule has 20 heavy (non-hydrogen) atoms. The summed E-state index contributed by atoms with van der Waals surface area (Å²) in [5, 5.41) is 0. The van der Waals surface area contributed by atoms with E-state index in [1.807, 2.05) is 34.6 Å². The summed E-state index contributed by atoms with van der Waals surface area (Å²) in [6.07, 6.45) is 3.07. The van der Waals surface area contributed by atoms with Gasteiger partial charge in [0.2, 0.25) is 0 Å². The van der Waals surface area contributed by atoms with Gasteiger partial charge in [-0.1, -0.05) is 20.3 Å². The van der Waals surface area contributed by atoms with E-state index in [1.54, 1.807) is 0 Å². The summed E-state index contributed by atoms with van der Waals surface area (Å²) >= 11 is 0. The van der Waals surface area contributed by atoms with Crippen molar-refractivity contribution in [1.82, 2.24) is 0 Å². The second-order valence-electron chi connectivity index (χ2n) is 7.12. The van der Waals surface area contributed by atoms with Crippen LogP contribution in [0.15, 0.2) is 0 Å². The predicted octanol–water partition coefficient (Wildman–Crippen LogP) is 3.33. The highest BCUT2D eigenvalue weighted by Gasteiger charge is 2.34. The third kappa shape index (κ3) is 5.93. The second-order valence-corrected chi connectivity index (χ2v) is 7.12. The van der Waals surface area contributed by atoms with Gasteiger partial charge in [-0.25, -0.2) is 0 Å². The highest BCUT2D eigenvalue weighted by atomic mass is 16.6. The average Bonchev–Trinajstić information content (AvgIpc) is 2.34. The molecule has 0 saturated heterocycles. The van der Waals surface area contributed by atoms with Crippen LogP contribution in [0.1, 0.15) is 60.3 Å². The van der Waals surface area contributed by atoms with Gasteiger partial charge in [0.05, 0.1) is 18.4 Å². The third-order valence-corrected chi connectivity index (χ3v) is 3.31. The molecule has 0 aromatic carbocycles. The quantitative estimate of drug-likeness (QED) is 0.743. The van der Waals surface area contributed by atoms with Crippen LogP contribution in [0.2, 0.25) is 0 Å². The SMILES string of the molecule is CC(C)COC(=O)C1CCCC(C(=O)OC(C)(C)C)C1. The Labute approximate surface area is 122 Å². The Balaban J connectivity index is 2.49. The smallest absolute Gasteiger partial charge is 0.309 e. The standard InChI is InChI=1S/C16H28O4/c1-11(2)10-19-14(17)12-7-6-8-13(9-12)15(18)20-16(3,4)5/h11-13H,6-10H2,1-5H3. The molecule has 4 nitrogen and oxygen atoms in total. The van der Waals surface area contributed by atoms with Crippen LogP contribution in [0.5, 0.6) is 0 Å². The molecule has 0 spiro atoms. The summed E-state index contributed by atoms with van der Waals surface area (Å²) in [6, 6.07) is 0. The minimum Gasteiger partial charge on any atom is -0.465 e. The number of carbonyl (C=O) groups excluding carboxylic acids is 2. The normalized spacial score (nSPS) is 23.5. The van der Waals surface area contributed by atoms with Gasteiger partial charge in [-0.15, -0.1) is 0 Å². The number of hydrogen-bond acceptors (Lipinski definition) is 4. The molecular formula is C16H28O4. The summed E-state index contributed by atoms with van der Waals surface area (Å²) < 4.78 is 10.7. The number of rotatable bonds is 4. The molecule has 0 amide bonds. The molecule has 4 heteroatoms. The molecule has 0 bridgehead atoms. The van der Waals surface area contributed by atoms with Gasteiger partial charge in [-0.3, -0.25) is 9.59 Å². The average molecular weight is 284 g/mol. The van der Waals surface area contributed by atoms with Gasteiger partial charge in [0.1, 0.15) is 5.60 Å². The molecule has 0 aliphatic heterocycles. The van der Waals surface area contributed by atoms with Crippen molar-refractivity contribution in [2.24, 2.45) is 17.8 Å². The van der Waals surface area contributed by atoms with Crippen molar-refractivity contribution in [3.05, 3.63) is 0 Å². The molecule has 1 aliphatic carbocycles. The van der Waals surface area contributed by atoms with Crippen LogP contribution in [0.25, 0.3) is 0 Å². The third-order valence-electron chi connectivity index (χ3n) is 3.31. The molecule has 1 aliphatic rings. The summed E-state index contributed by atoms with van der Waals surface area (Å²) in [6.45, 7) is 10.1. The van der Waals surface area contributed by atoms with E-state index in [0.717, 1.165) is 19.3 Å². The number of hydrogen-bond donors (Lipinski definition) is 0. The first-order valence-corrected chi connectivity index (χ1v) is 7.58. The Kier molecular flexibility index (Phi) is 6.03. The summed E-state index contributed by atoms with van der Waals surface area (Å²) in [5.41, 5.74) is -0.470. The van der Waals surface area contributed by atoms with Gasteiger partial charge in [0, 0.05) is 0 Å². The zero-order valence-electron chi connectivity index (χ0n) is 13.4. The van der Waals surface area contributed by atoms with Gasteiger partial charge in [0.15, 0.2) is 0 Å². The van der Waals surface area contributed by atoms with E-state index in [4.69, 9.17) is 9.47 Å². The van der Waals surface area contributed by atoms with E-state index in [1.165, 1.54) is 0 Å². The van der Waals surface area contributed by atoms with Crippen LogP contribution >= 0.6 is 0 Å². The maximum Gasteiger partial charge on any atom is 0.309 e. The van der Waals surface area contributed by atoms with Crippen LogP contribution in [-0.4, -0.2) is 24.1 Å². The lowest BCUT2D eigenvalue weighted by Crippen LogP contribution is -2.34. The molecule has 0 aromatic rings. The van der Waals surface area contributed by atoms with Crippen LogP contribution in [0, 0.1) is 17.8 Å². The fourth-order valence-corrected chi connectivity index (χ4v) is 2.37. The van der Waals surface area contributed by atoms with Crippen molar-refractivity contribution in [2.75, 3.05) is 6.61 Å². The van der Waals surface area contributed by atoms with Crippen LogP contribution < -0.4 is 0 Å². The van der Waals surface area contributed by atoms with Crippen molar-refractivity contribution < 1.29 is 19.1 Å². The molecule has 0 heterocycles. The minimum absolute atomic E-state index is 0.153. The predicted molar refractivity (Wildman–Crippen MR) is 77.1 cm³/mol. The topological polar surface area (TPSA) is 52.6 Å². The van der Waals surface area contributed by atoms with Crippen molar-refractivity contribution in [2.45, 2.75) is 65.9 Å². The molecule has 1 rings (SSSR count). The largest absolute Gasteiger partial charge is 0.465 e. The van der Waals surface area contributed by atoms with Crippen molar-refractivity contribution >= 4 is 11.9 Å².